The average Bonchev–Trinajstić information content (AvgIpc) is 3.10. The molecule has 5 nitrogen and oxygen atoms in total. The standard InChI is InChI=1S/C18H21NO4/c1-2-3-10-19(12-14-7-6-11-21-14)18(20)17-13-22-15-8-4-5-9-16(15)23-17/h4-9,11,17H,2-3,10,12-13H2,1H3/t17-/m1/s1. The summed E-state index contributed by atoms with van der Waals surface area (Å²) in [4.78, 5) is 14.6. The first-order chi connectivity index (χ1) is 11.3. The lowest BCUT2D eigenvalue weighted by atomic mass is 10.2. The summed E-state index contributed by atoms with van der Waals surface area (Å²) in [6.07, 6.45) is 2.97. The van der Waals surface area contributed by atoms with Crippen molar-refractivity contribution in [2.45, 2.75) is 32.4 Å². The van der Waals surface area contributed by atoms with Crippen LogP contribution in [0.15, 0.2) is 47.1 Å². The number of hydrogen-bond donors (Lipinski definition) is 0. The van der Waals surface area contributed by atoms with E-state index in [0.717, 1.165) is 18.6 Å². The number of ether oxygens (including phenoxy) is 2. The van der Waals surface area contributed by atoms with Gasteiger partial charge in [0.1, 0.15) is 12.4 Å². The SMILES string of the molecule is CCCCN(Cc1ccco1)C(=O)[C@H]1COc2ccccc2O1. The second kappa shape index (κ2) is 7.22. The third kappa shape index (κ3) is 3.67. The zero-order valence-corrected chi connectivity index (χ0v) is 13.2. The first-order valence-corrected chi connectivity index (χ1v) is 7.97. The van der Waals surface area contributed by atoms with Gasteiger partial charge in [0, 0.05) is 6.54 Å². The molecule has 0 fully saturated rings. The fourth-order valence-electron chi connectivity index (χ4n) is 2.55. The Morgan fingerprint density at radius 3 is 2.78 bits per heavy atom. The molecule has 0 unspecified atom stereocenters. The van der Waals surface area contributed by atoms with Crippen LogP contribution in [0.2, 0.25) is 0 Å². The number of para-hydroxylation sites is 2. The molecule has 122 valence electrons. The van der Waals surface area contributed by atoms with Crippen LogP contribution in [-0.2, 0) is 11.3 Å². The number of fused-ring (bicyclic) bond motifs is 1. The third-order valence-electron chi connectivity index (χ3n) is 3.80. The van der Waals surface area contributed by atoms with Crippen LogP contribution in [0, 0.1) is 0 Å². The van der Waals surface area contributed by atoms with Crippen molar-refractivity contribution in [2.75, 3.05) is 13.2 Å². The van der Waals surface area contributed by atoms with Gasteiger partial charge in [-0.2, -0.15) is 0 Å². The fraction of sp³-hybridized carbons (Fsp3) is 0.389. The van der Waals surface area contributed by atoms with Gasteiger partial charge in [-0.05, 0) is 30.7 Å². The molecule has 0 spiro atoms. The van der Waals surface area contributed by atoms with Crippen LogP contribution in [0.1, 0.15) is 25.5 Å². The van der Waals surface area contributed by atoms with Crippen molar-refractivity contribution in [1.29, 1.82) is 0 Å². The van der Waals surface area contributed by atoms with E-state index in [1.807, 2.05) is 36.4 Å². The number of carbonyl (C=O) groups is 1. The molecule has 3 rings (SSSR count). The van der Waals surface area contributed by atoms with Crippen LogP contribution in [0.3, 0.4) is 0 Å². The second-order valence-corrected chi connectivity index (χ2v) is 5.56. The molecule has 2 heterocycles. The van der Waals surface area contributed by atoms with Gasteiger partial charge in [-0.3, -0.25) is 4.79 Å². The maximum Gasteiger partial charge on any atom is 0.267 e. The lowest BCUT2D eigenvalue weighted by Crippen LogP contribution is -2.46. The van der Waals surface area contributed by atoms with E-state index >= 15 is 0 Å². The minimum Gasteiger partial charge on any atom is -0.485 e. The molecule has 0 saturated heterocycles. The van der Waals surface area contributed by atoms with Gasteiger partial charge in [-0.15, -0.1) is 0 Å². The summed E-state index contributed by atoms with van der Waals surface area (Å²) >= 11 is 0. The first kappa shape index (κ1) is 15.5. The molecule has 1 aliphatic rings. The maximum atomic E-state index is 12.8. The zero-order chi connectivity index (χ0) is 16.1. The maximum absolute atomic E-state index is 12.8. The lowest BCUT2D eigenvalue weighted by molar-refractivity contribution is -0.142. The van der Waals surface area contributed by atoms with Gasteiger partial charge in [-0.25, -0.2) is 0 Å². The summed E-state index contributed by atoms with van der Waals surface area (Å²) in [6, 6.07) is 11.1. The number of carbonyl (C=O) groups excluding carboxylic acids is 1. The predicted octanol–water partition coefficient (Wildman–Crippen LogP) is 3.25. The van der Waals surface area contributed by atoms with E-state index in [1.165, 1.54) is 0 Å². The number of rotatable bonds is 6. The Bertz CT molecular complexity index is 638. The molecule has 1 amide bonds. The highest BCUT2D eigenvalue weighted by atomic mass is 16.6. The monoisotopic (exact) mass is 315 g/mol. The third-order valence-corrected chi connectivity index (χ3v) is 3.80. The van der Waals surface area contributed by atoms with E-state index in [1.54, 1.807) is 11.2 Å². The van der Waals surface area contributed by atoms with Crippen molar-refractivity contribution in [1.82, 2.24) is 4.90 Å². The molecule has 0 bridgehead atoms. The molecule has 0 radical (unpaired) electrons. The number of hydrogen-bond acceptors (Lipinski definition) is 4. The molecule has 1 aromatic carbocycles. The minimum atomic E-state index is -0.614. The van der Waals surface area contributed by atoms with Crippen LogP contribution in [-0.4, -0.2) is 30.1 Å². The van der Waals surface area contributed by atoms with Crippen LogP contribution in [0.5, 0.6) is 11.5 Å². The molecular formula is C18H21NO4. The van der Waals surface area contributed by atoms with E-state index < -0.39 is 6.10 Å². The Labute approximate surface area is 135 Å². The predicted molar refractivity (Wildman–Crippen MR) is 85.4 cm³/mol. The smallest absolute Gasteiger partial charge is 0.267 e. The average molecular weight is 315 g/mol. The van der Waals surface area contributed by atoms with Crippen molar-refractivity contribution in [3.8, 4) is 11.5 Å². The fourth-order valence-corrected chi connectivity index (χ4v) is 2.55. The van der Waals surface area contributed by atoms with Gasteiger partial charge in [0.25, 0.3) is 5.91 Å². The number of furan rings is 1. The Kier molecular flexibility index (Phi) is 4.86. The molecule has 0 N–H and O–H groups in total. The van der Waals surface area contributed by atoms with Crippen molar-refractivity contribution < 1.29 is 18.7 Å². The molecule has 23 heavy (non-hydrogen) atoms. The summed E-state index contributed by atoms with van der Waals surface area (Å²) < 4.78 is 16.8. The van der Waals surface area contributed by atoms with Gasteiger partial charge in [0.2, 0.25) is 6.10 Å². The number of unbranched alkanes of at least 4 members (excludes halogenated alkanes) is 1. The van der Waals surface area contributed by atoms with Gasteiger partial charge < -0.3 is 18.8 Å². The molecular weight excluding hydrogens is 294 g/mol. The highest BCUT2D eigenvalue weighted by Crippen LogP contribution is 2.31. The quantitative estimate of drug-likeness (QED) is 0.821. The topological polar surface area (TPSA) is 51.9 Å². The minimum absolute atomic E-state index is 0.0654. The summed E-state index contributed by atoms with van der Waals surface area (Å²) in [5.74, 6) is 2.00. The van der Waals surface area contributed by atoms with E-state index in [2.05, 4.69) is 6.92 Å². The summed E-state index contributed by atoms with van der Waals surface area (Å²) in [5.41, 5.74) is 0. The first-order valence-electron chi connectivity index (χ1n) is 7.97. The van der Waals surface area contributed by atoms with Gasteiger partial charge in [0.05, 0.1) is 12.8 Å². The number of benzene rings is 1. The van der Waals surface area contributed by atoms with Crippen LogP contribution in [0.4, 0.5) is 0 Å². The largest absolute Gasteiger partial charge is 0.485 e. The molecule has 2 aromatic rings. The molecule has 0 aliphatic carbocycles. The van der Waals surface area contributed by atoms with E-state index in [9.17, 15) is 4.79 Å². The summed E-state index contributed by atoms with van der Waals surface area (Å²) in [5, 5.41) is 0. The second-order valence-electron chi connectivity index (χ2n) is 5.56. The van der Waals surface area contributed by atoms with Crippen LogP contribution >= 0.6 is 0 Å². The van der Waals surface area contributed by atoms with Crippen molar-refractivity contribution in [2.24, 2.45) is 0 Å². The summed E-state index contributed by atoms with van der Waals surface area (Å²) in [7, 11) is 0. The highest BCUT2D eigenvalue weighted by Gasteiger charge is 2.31. The van der Waals surface area contributed by atoms with Gasteiger partial charge >= 0.3 is 0 Å². The number of amides is 1. The van der Waals surface area contributed by atoms with Crippen molar-refractivity contribution >= 4 is 5.91 Å². The van der Waals surface area contributed by atoms with Gasteiger partial charge in [-0.1, -0.05) is 25.5 Å². The Morgan fingerprint density at radius 2 is 2.04 bits per heavy atom. The molecule has 5 heteroatoms. The van der Waals surface area contributed by atoms with E-state index in [4.69, 9.17) is 13.9 Å². The number of nitrogens with zero attached hydrogens (tertiary/aromatic N) is 1. The van der Waals surface area contributed by atoms with Crippen LogP contribution in [0.25, 0.3) is 0 Å². The van der Waals surface area contributed by atoms with Crippen molar-refractivity contribution in [3.63, 3.8) is 0 Å². The lowest BCUT2D eigenvalue weighted by Gasteiger charge is -2.30. The molecule has 1 aromatic heterocycles. The normalized spacial score (nSPS) is 16.1. The zero-order valence-electron chi connectivity index (χ0n) is 13.2. The van der Waals surface area contributed by atoms with E-state index in [-0.39, 0.29) is 12.5 Å². The molecule has 1 aliphatic heterocycles. The Balaban J connectivity index is 1.70. The molecule has 1 atom stereocenters. The van der Waals surface area contributed by atoms with Crippen LogP contribution < -0.4 is 9.47 Å². The summed E-state index contributed by atoms with van der Waals surface area (Å²) in [6.45, 7) is 3.47. The van der Waals surface area contributed by atoms with E-state index in [0.29, 0.717) is 24.6 Å². The Morgan fingerprint density at radius 1 is 1.22 bits per heavy atom. The highest BCUT2D eigenvalue weighted by molar-refractivity contribution is 5.82. The van der Waals surface area contributed by atoms with Crippen molar-refractivity contribution in [3.05, 3.63) is 48.4 Å². The Hall–Kier alpha value is -2.43. The molecule has 0 saturated carbocycles. The van der Waals surface area contributed by atoms with Gasteiger partial charge in [0.15, 0.2) is 11.5 Å².